The molecule has 0 spiro atoms. The highest BCUT2D eigenvalue weighted by atomic mass is 16.5. The van der Waals surface area contributed by atoms with Crippen molar-refractivity contribution in [1.82, 2.24) is 25.4 Å². The van der Waals surface area contributed by atoms with Crippen molar-refractivity contribution in [3.63, 3.8) is 0 Å². The predicted octanol–water partition coefficient (Wildman–Crippen LogP) is 2.48. The summed E-state index contributed by atoms with van der Waals surface area (Å²) in [6, 6.07) is 7.44. The zero-order chi connectivity index (χ0) is 17.2. The third kappa shape index (κ3) is 2.90. The number of tetrazole rings is 1. The average molecular weight is 338 g/mol. The normalized spacial score (nSPS) is 13.5. The summed E-state index contributed by atoms with van der Waals surface area (Å²) >= 11 is 0. The molecule has 1 aliphatic rings. The Morgan fingerprint density at radius 1 is 1.32 bits per heavy atom. The van der Waals surface area contributed by atoms with Crippen molar-refractivity contribution >= 4 is 11.6 Å². The quantitative estimate of drug-likeness (QED) is 0.784. The van der Waals surface area contributed by atoms with E-state index in [9.17, 15) is 4.79 Å². The molecular formula is C17H18N6O2. The van der Waals surface area contributed by atoms with Gasteiger partial charge in [0.05, 0.1) is 0 Å². The molecule has 0 bridgehead atoms. The van der Waals surface area contributed by atoms with Crippen molar-refractivity contribution in [2.45, 2.75) is 39.2 Å². The molecule has 0 aliphatic heterocycles. The smallest absolute Gasteiger partial charge is 0.278 e. The number of aromatic nitrogens is 5. The molecule has 8 heteroatoms. The van der Waals surface area contributed by atoms with E-state index >= 15 is 0 Å². The average Bonchev–Trinajstić information content (AvgIpc) is 3.28. The van der Waals surface area contributed by atoms with Gasteiger partial charge in [-0.25, -0.2) is 4.68 Å². The number of rotatable bonds is 4. The van der Waals surface area contributed by atoms with E-state index in [0.717, 1.165) is 42.6 Å². The summed E-state index contributed by atoms with van der Waals surface area (Å²) in [7, 11) is 0. The summed E-state index contributed by atoms with van der Waals surface area (Å²) in [6.07, 6.45) is 3.83. The van der Waals surface area contributed by atoms with Gasteiger partial charge in [0, 0.05) is 29.8 Å². The van der Waals surface area contributed by atoms with Gasteiger partial charge in [-0.15, -0.1) is 5.10 Å². The van der Waals surface area contributed by atoms with E-state index in [2.05, 4.69) is 26.0 Å². The molecule has 0 fully saturated rings. The first-order chi connectivity index (χ1) is 12.3. The number of aryl methyl sites for hydroxylation is 2. The number of anilines is 1. The molecule has 3 aromatic rings. The lowest BCUT2D eigenvalue weighted by atomic mass is 9.96. The fourth-order valence-corrected chi connectivity index (χ4v) is 3.11. The maximum atomic E-state index is 12.6. The molecule has 0 unspecified atom stereocenters. The molecule has 2 heterocycles. The van der Waals surface area contributed by atoms with E-state index in [1.54, 1.807) is 4.68 Å². The van der Waals surface area contributed by atoms with Crippen LogP contribution >= 0.6 is 0 Å². The maximum absolute atomic E-state index is 12.6. The Morgan fingerprint density at radius 3 is 3.08 bits per heavy atom. The van der Waals surface area contributed by atoms with Gasteiger partial charge in [0.15, 0.2) is 11.5 Å². The fourth-order valence-electron chi connectivity index (χ4n) is 3.11. The monoisotopic (exact) mass is 338 g/mol. The number of hydrogen-bond donors (Lipinski definition) is 1. The molecule has 1 N–H and O–H groups in total. The minimum absolute atomic E-state index is 0.251. The number of carbonyl (C=O) groups is 1. The number of fused-ring (bicyclic) bond motifs is 1. The fraction of sp³-hybridized carbons (Fsp3) is 0.353. The van der Waals surface area contributed by atoms with E-state index in [4.69, 9.17) is 4.52 Å². The second-order valence-electron chi connectivity index (χ2n) is 5.99. The third-order valence-corrected chi connectivity index (χ3v) is 4.38. The second kappa shape index (κ2) is 6.46. The molecule has 2 aromatic heterocycles. The van der Waals surface area contributed by atoms with Gasteiger partial charge in [0.25, 0.3) is 5.91 Å². The SMILES string of the molecule is CCn1nnnc1-c1cccc(NC(=O)c2noc3c2CCCC3)c1. The Labute approximate surface area is 144 Å². The Morgan fingerprint density at radius 2 is 2.20 bits per heavy atom. The zero-order valence-corrected chi connectivity index (χ0v) is 13.9. The Kier molecular flexibility index (Phi) is 4.01. The Hall–Kier alpha value is -3.03. The van der Waals surface area contributed by atoms with Gasteiger partial charge in [0.1, 0.15) is 5.76 Å². The molecule has 25 heavy (non-hydrogen) atoms. The van der Waals surface area contributed by atoms with Crippen LogP contribution in [-0.4, -0.2) is 31.3 Å². The van der Waals surface area contributed by atoms with Crippen molar-refractivity contribution in [3.8, 4) is 11.4 Å². The number of carbonyl (C=O) groups excluding carboxylic acids is 1. The van der Waals surface area contributed by atoms with E-state index in [-0.39, 0.29) is 5.91 Å². The van der Waals surface area contributed by atoms with Crippen molar-refractivity contribution < 1.29 is 9.32 Å². The van der Waals surface area contributed by atoms with Crippen LogP contribution in [0.15, 0.2) is 28.8 Å². The number of benzene rings is 1. The molecular weight excluding hydrogens is 320 g/mol. The van der Waals surface area contributed by atoms with Crippen LogP contribution in [0.4, 0.5) is 5.69 Å². The lowest BCUT2D eigenvalue weighted by molar-refractivity contribution is 0.101. The number of nitrogens with zero attached hydrogens (tertiary/aromatic N) is 5. The number of hydrogen-bond acceptors (Lipinski definition) is 6. The van der Waals surface area contributed by atoms with Crippen molar-refractivity contribution in [3.05, 3.63) is 41.3 Å². The molecule has 1 amide bonds. The molecule has 8 nitrogen and oxygen atoms in total. The van der Waals surface area contributed by atoms with Gasteiger partial charge in [-0.1, -0.05) is 17.3 Å². The Balaban J connectivity index is 1.58. The first-order valence-electron chi connectivity index (χ1n) is 8.41. The number of amides is 1. The van der Waals surface area contributed by atoms with Crippen LogP contribution in [0, 0.1) is 0 Å². The highest BCUT2D eigenvalue weighted by molar-refractivity contribution is 6.04. The summed E-state index contributed by atoms with van der Waals surface area (Å²) in [5.74, 6) is 1.25. The third-order valence-electron chi connectivity index (χ3n) is 4.38. The molecule has 1 aromatic carbocycles. The van der Waals surface area contributed by atoms with E-state index in [1.165, 1.54) is 0 Å². The maximum Gasteiger partial charge on any atom is 0.278 e. The first-order valence-corrected chi connectivity index (χ1v) is 8.41. The molecule has 0 saturated carbocycles. The van der Waals surface area contributed by atoms with Crippen molar-refractivity contribution in [2.75, 3.05) is 5.32 Å². The minimum atomic E-state index is -0.251. The summed E-state index contributed by atoms with van der Waals surface area (Å²) in [5, 5.41) is 18.6. The van der Waals surface area contributed by atoms with E-state index < -0.39 is 0 Å². The standard InChI is InChI=1S/C17H18N6O2/c1-2-23-16(19-21-22-23)11-6-5-7-12(10-11)18-17(24)15-13-8-3-4-9-14(13)25-20-15/h5-7,10H,2-4,8-9H2,1H3,(H,18,24). The van der Waals surface area contributed by atoms with E-state index in [0.29, 0.717) is 23.8 Å². The van der Waals surface area contributed by atoms with Gasteiger partial charge >= 0.3 is 0 Å². The summed E-state index contributed by atoms with van der Waals surface area (Å²) in [5.41, 5.74) is 2.83. The van der Waals surface area contributed by atoms with Crippen LogP contribution in [0.5, 0.6) is 0 Å². The summed E-state index contributed by atoms with van der Waals surface area (Å²) in [6.45, 7) is 2.64. The van der Waals surface area contributed by atoms with Gasteiger partial charge in [0.2, 0.25) is 0 Å². The van der Waals surface area contributed by atoms with Crippen molar-refractivity contribution in [2.24, 2.45) is 0 Å². The van der Waals surface area contributed by atoms with Gasteiger partial charge in [-0.05, 0) is 48.7 Å². The Bertz CT molecular complexity index is 914. The molecule has 0 atom stereocenters. The van der Waals surface area contributed by atoms with Crippen molar-refractivity contribution in [1.29, 1.82) is 0 Å². The van der Waals surface area contributed by atoms with Crippen LogP contribution in [0.2, 0.25) is 0 Å². The predicted molar refractivity (Wildman–Crippen MR) is 90.0 cm³/mol. The lowest BCUT2D eigenvalue weighted by Crippen LogP contribution is -2.15. The zero-order valence-electron chi connectivity index (χ0n) is 13.9. The van der Waals surface area contributed by atoms with Crippen LogP contribution in [0.25, 0.3) is 11.4 Å². The summed E-state index contributed by atoms with van der Waals surface area (Å²) < 4.78 is 7.02. The van der Waals surface area contributed by atoms with Crippen LogP contribution in [-0.2, 0) is 19.4 Å². The van der Waals surface area contributed by atoms with Gasteiger partial charge < -0.3 is 9.84 Å². The summed E-state index contributed by atoms with van der Waals surface area (Å²) in [4.78, 5) is 12.6. The molecule has 1 aliphatic carbocycles. The topological polar surface area (TPSA) is 98.7 Å². The van der Waals surface area contributed by atoms with Gasteiger partial charge in [-0.3, -0.25) is 4.79 Å². The first kappa shape index (κ1) is 15.5. The van der Waals surface area contributed by atoms with Crippen LogP contribution in [0.3, 0.4) is 0 Å². The molecule has 128 valence electrons. The van der Waals surface area contributed by atoms with E-state index in [1.807, 2.05) is 31.2 Å². The number of nitrogens with one attached hydrogen (secondary N) is 1. The highest BCUT2D eigenvalue weighted by Gasteiger charge is 2.24. The second-order valence-corrected chi connectivity index (χ2v) is 5.99. The lowest BCUT2D eigenvalue weighted by Gasteiger charge is -2.10. The highest BCUT2D eigenvalue weighted by Crippen LogP contribution is 2.25. The molecule has 0 radical (unpaired) electrons. The molecule has 0 saturated heterocycles. The van der Waals surface area contributed by atoms with Crippen LogP contribution in [0.1, 0.15) is 41.6 Å². The van der Waals surface area contributed by atoms with Crippen LogP contribution < -0.4 is 5.32 Å². The molecule has 4 rings (SSSR count). The largest absolute Gasteiger partial charge is 0.360 e. The minimum Gasteiger partial charge on any atom is -0.360 e. The van der Waals surface area contributed by atoms with Gasteiger partial charge in [-0.2, -0.15) is 0 Å².